The quantitative estimate of drug-likeness (QED) is 0.860. The highest BCUT2D eigenvalue weighted by atomic mass is 16.5. The molecule has 0 saturated heterocycles. The van der Waals surface area contributed by atoms with Gasteiger partial charge < -0.3 is 9.64 Å². The Morgan fingerprint density at radius 2 is 2.11 bits per heavy atom. The molecular formula is C14H20N2O2. The van der Waals surface area contributed by atoms with Gasteiger partial charge in [-0.25, -0.2) is 0 Å². The van der Waals surface area contributed by atoms with Gasteiger partial charge in [0.05, 0.1) is 12.6 Å². The lowest BCUT2D eigenvalue weighted by molar-refractivity contribution is -0.130. The van der Waals surface area contributed by atoms with Gasteiger partial charge in [0, 0.05) is 18.7 Å². The molecule has 1 aromatic rings. The van der Waals surface area contributed by atoms with Gasteiger partial charge in [-0.05, 0) is 19.9 Å². The van der Waals surface area contributed by atoms with E-state index < -0.39 is 0 Å². The molecule has 4 nitrogen and oxygen atoms in total. The minimum absolute atomic E-state index is 0.126. The van der Waals surface area contributed by atoms with E-state index >= 15 is 0 Å². The lowest BCUT2D eigenvalue weighted by Crippen LogP contribution is -2.39. The monoisotopic (exact) mass is 248 g/mol. The molecule has 0 saturated carbocycles. The largest absolute Gasteiger partial charge is 0.491 e. The van der Waals surface area contributed by atoms with Gasteiger partial charge in [0.1, 0.15) is 12.4 Å². The summed E-state index contributed by atoms with van der Waals surface area (Å²) in [6.07, 6.45) is 0. The second-order valence-corrected chi connectivity index (χ2v) is 4.35. The summed E-state index contributed by atoms with van der Waals surface area (Å²) in [4.78, 5) is 13.7. The summed E-state index contributed by atoms with van der Waals surface area (Å²) in [5.41, 5.74) is 1.14. The smallest absolute Gasteiger partial charge is 0.236 e. The number of carbonyl (C=O) groups is 1. The van der Waals surface area contributed by atoms with Gasteiger partial charge in [-0.2, -0.15) is 0 Å². The zero-order valence-corrected chi connectivity index (χ0v) is 11.0. The predicted molar refractivity (Wildman–Crippen MR) is 70.6 cm³/mol. The van der Waals surface area contributed by atoms with Crippen molar-refractivity contribution in [2.45, 2.75) is 19.9 Å². The third-order valence-electron chi connectivity index (χ3n) is 3.32. The topological polar surface area (TPSA) is 41.6 Å². The van der Waals surface area contributed by atoms with Crippen molar-refractivity contribution in [3.05, 3.63) is 29.8 Å². The van der Waals surface area contributed by atoms with Gasteiger partial charge in [0.2, 0.25) is 5.91 Å². The first-order valence-electron chi connectivity index (χ1n) is 6.49. The maximum Gasteiger partial charge on any atom is 0.236 e. The number of ether oxygens (including phenoxy) is 1. The van der Waals surface area contributed by atoms with Crippen molar-refractivity contribution in [2.24, 2.45) is 0 Å². The third-order valence-corrected chi connectivity index (χ3v) is 3.32. The van der Waals surface area contributed by atoms with Crippen LogP contribution in [-0.2, 0) is 4.79 Å². The number of para-hydroxylation sites is 1. The van der Waals surface area contributed by atoms with Gasteiger partial charge in [0.15, 0.2) is 0 Å². The Hall–Kier alpha value is -1.55. The summed E-state index contributed by atoms with van der Waals surface area (Å²) in [5, 5.41) is 3.27. The molecule has 0 radical (unpaired) electrons. The Bertz CT molecular complexity index is 416. The lowest BCUT2D eigenvalue weighted by atomic mass is 10.1. The normalized spacial score (nSPS) is 17.1. The van der Waals surface area contributed by atoms with Crippen LogP contribution in [0.4, 0.5) is 0 Å². The maximum absolute atomic E-state index is 11.9. The molecular weight excluding hydrogens is 228 g/mol. The Morgan fingerprint density at radius 1 is 1.39 bits per heavy atom. The Labute approximate surface area is 108 Å². The first-order valence-corrected chi connectivity index (χ1v) is 6.49. The summed E-state index contributed by atoms with van der Waals surface area (Å²) in [5.74, 6) is 1.06. The second-order valence-electron chi connectivity index (χ2n) is 4.35. The number of fused-ring (bicyclic) bond motifs is 1. The molecule has 98 valence electrons. The number of benzene rings is 1. The summed E-state index contributed by atoms with van der Waals surface area (Å²) in [6.45, 7) is 6.48. The van der Waals surface area contributed by atoms with Gasteiger partial charge in [-0.15, -0.1) is 0 Å². The van der Waals surface area contributed by atoms with Crippen LogP contribution in [0.3, 0.4) is 0 Å². The number of rotatable bonds is 5. The van der Waals surface area contributed by atoms with E-state index in [1.165, 1.54) is 0 Å². The number of hydrogen-bond acceptors (Lipinski definition) is 3. The van der Waals surface area contributed by atoms with Crippen LogP contribution in [0.15, 0.2) is 24.3 Å². The maximum atomic E-state index is 11.9. The molecule has 1 heterocycles. The minimum Gasteiger partial charge on any atom is -0.491 e. The van der Waals surface area contributed by atoms with Crippen molar-refractivity contribution in [1.29, 1.82) is 0 Å². The van der Waals surface area contributed by atoms with Gasteiger partial charge in [-0.3, -0.25) is 10.1 Å². The number of hydrogen-bond donors (Lipinski definition) is 1. The lowest BCUT2D eigenvalue weighted by Gasteiger charge is -2.20. The number of amides is 1. The zero-order valence-electron chi connectivity index (χ0n) is 11.0. The number of likely N-dealkylation sites (N-methyl/N-ethyl adjacent to an activating group) is 1. The summed E-state index contributed by atoms with van der Waals surface area (Å²) >= 11 is 0. The summed E-state index contributed by atoms with van der Waals surface area (Å²) in [6, 6.07) is 8.09. The van der Waals surface area contributed by atoms with Gasteiger partial charge in [0.25, 0.3) is 0 Å². The molecule has 1 unspecified atom stereocenters. The van der Waals surface area contributed by atoms with E-state index in [2.05, 4.69) is 5.32 Å². The van der Waals surface area contributed by atoms with E-state index in [9.17, 15) is 4.79 Å². The number of nitrogens with zero attached hydrogens (tertiary/aromatic N) is 1. The highest BCUT2D eigenvalue weighted by molar-refractivity contribution is 5.78. The van der Waals surface area contributed by atoms with Crippen molar-refractivity contribution in [2.75, 3.05) is 26.2 Å². The fourth-order valence-corrected chi connectivity index (χ4v) is 2.23. The van der Waals surface area contributed by atoms with Crippen LogP contribution in [0.5, 0.6) is 5.75 Å². The van der Waals surface area contributed by atoms with Crippen LogP contribution >= 0.6 is 0 Å². The van der Waals surface area contributed by atoms with E-state index in [1.54, 1.807) is 0 Å². The molecule has 0 spiro atoms. The molecule has 18 heavy (non-hydrogen) atoms. The first-order chi connectivity index (χ1) is 8.76. The van der Waals surface area contributed by atoms with Crippen LogP contribution in [0.25, 0.3) is 0 Å². The summed E-state index contributed by atoms with van der Waals surface area (Å²) in [7, 11) is 0. The molecule has 4 heteroatoms. The highest BCUT2D eigenvalue weighted by Crippen LogP contribution is 2.31. The van der Waals surface area contributed by atoms with E-state index in [1.807, 2.05) is 43.0 Å². The molecule has 0 aliphatic carbocycles. The number of carbonyl (C=O) groups excluding carboxylic acids is 1. The van der Waals surface area contributed by atoms with Crippen LogP contribution in [0.1, 0.15) is 25.5 Å². The molecule has 1 N–H and O–H groups in total. The summed E-state index contributed by atoms with van der Waals surface area (Å²) < 4.78 is 5.57. The van der Waals surface area contributed by atoms with Crippen molar-refractivity contribution in [3.63, 3.8) is 0 Å². The van der Waals surface area contributed by atoms with E-state index in [0.29, 0.717) is 13.2 Å². The molecule has 1 atom stereocenters. The van der Waals surface area contributed by atoms with E-state index in [-0.39, 0.29) is 11.9 Å². The first kappa shape index (κ1) is 12.9. The van der Waals surface area contributed by atoms with Crippen LogP contribution in [0.2, 0.25) is 0 Å². The molecule has 1 amide bonds. The van der Waals surface area contributed by atoms with Crippen molar-refractivity contribution in [3.8, 4) is 5.75 Å². The molecule has 1 aliphatic rings. The molecule has 0 bridgehead atoms. The average Bonchev–Trinajstić information content (AvgIpc) is 2.81. The third kappa shape index (κ3) is 2.64. The van der Waals surface area contributed by atoms with Crippen molar-refractivity contribution >= 4 is 5.91 Å². The molecule has 1 aromatic carbocycles. The second kappa shape index (κ2) is 5.87. The molecule has 0 fully saturated rings. The minimum atomic E-state index is 0.126. The molecule has 2 rings (SSSR count). The van der Waals surface area contributed by atoms with Crippen LogP contribution in [-0.4, -0.2) is 37.0 Å². The average molecular weight is 248 g/mol. The van der Waals surface area contributed by atoms with E-state index in [4.69, 9.17) is 4.74 Å². The number of nitrogens with one attached hydrogen (secondary N) is 1. The SMILES string of the molecule is CCN(CC)C(=O)CNC1COc2ccccc21. The van der Waals surface area contributed by atoms with Crippen LogP contribution < -0.4 is 10.1 Å². The fourth-order valence-electron chi connectivity index (χ4n) is 2.23. The van der Waals surface area contributed by atoms with Gasteiger partial charge in [-0.1, -0.05) is 18.2 Å². The Morgan fingerprint density at radius 3 is 2.83 bits per heavy atom. The zero-order chi connectivity index (χ0) is 13.0. The predicted octanol–water partition coefficient (Wildman–Crippen LogP) is 1.58. The van der Waals surface area contributed by atoms with E-state index in [0.717, 1.165) is 24.4 Å². The Balaban J connectivity index is 1.91. The Kier molecular flexibility index (Phi) is 4.20. The van der Waals surface area contributed by atoms with Crippen molar-refractivity contribution < 1.29 is 9.53 Å². The molecule has 0 aromatic heterocycles. The standard InChI is InChI=1S/C14H20N2O2/c1-3-16(4-2)14(17)9-15-12-10-18-13-8-6-5-7-11(12)13/h5-8,12,15H,3-4,9-10H2,1-2H3. The molecule has 1 aliphatic heterocycles. The van der Waals surface area contributed by atoms with Crippen molar-refractivity contribution in [1.82, 2.24) is 10.2 Å². The van der Waals surface area contributed by atoms with Gasteiger partial charge >= 0.3 is 0 Å². The van der Waals surface area contributed by atoms with Crippen LogP contribution in [0, 0.1) is 0 Å². The highest BCUT2D eigenvalue weighted by Gasteiger charge is 2.24. The fraction of sp³-hybridized carbons (Fsp3) is 0.500.